The number of anilines is 3. The van der Waals surface area contributed by atoms with Crippen molar-refractivity contribution in [3.63, 3.8) is 0 Å². The Kier molecular flexibility index (Phi) is 7.58. The summed E-state index contributed by atoms with van der Waals surface area (Å²) in [6.07, 6.45) is 10.4. The zero-order valence-electron chi connectivity index (χ0n) is 21.7. The van der Waals surface area contributed by atoms with Crippen molar-refractivity contribution in [1.82, 2.24) is 0 Å². The molecule has 184 valence electrons. The number of nitrogens with zero attached hydrogens (tertiary/aromatic N) is 1. The molecule has 3 aromatic carbocycles. The molecule has 4 unspecified atom stereocenters. The molecule has 0 bridgehead atoms. The van der Waals surface area contributed by atoms with Crippen molar-refractivity contribution in [2.45, 2.75) is 77.2 Å². The van der Waals surface area contributed by atoms with Crippen LogP contribution >= 0.6 is 0 Å². The monoisotopic (exact) mass is 467 g/mol. The Hall–Kier alpha value is -2.58. The zero-order chi connectivity index (χ0) is 24.2. The van der Waals surface area contributed by atoms with Gasteiger partial charge in [0.1, 0.15) is 0 Å². The van der Waals surface area contributed by atoms with E-state index in [0.29, 0.717) is 6.10 Å². The molecule has 0 N–H and O–H groups in total. The molecule has 4 atom stereocenters. The molecule has 2 saturated carbocycles. The SMILES string of the molecule is CCCCc1ccc(N(c2ccc(CCCC)cc2)c2ccc(C3CC3C3CC3OC)cc2)cc1. The Morgan fingerprint density at radius 3 is 1.57 bits per heavy atom. The second kappa shape index (κ2) is 11.0. The number of rotatable bonds is 12. The standard InChI is InChI=1S/C33H41NO/c1-4-6-8-24-10-16-27(17-11-24)34(28-18-12-25(13-19-28)9-7-5-2)29-20-14-26(15-21-29)30-22-31(30)32-23-33(32)35-3/h10-21,30-33H,4-9,22-23H2,1-3H3. The minimum absolute atomic E-state index is 0.514. The van der Waals surface area contributed by atoms with E-state index in [0.717, 1.165) is 30.6 Å². The van der Waals surface area contributed by atoms with Crippen molar-refractivity contribution in [2.75, 3.05) is 12.0 Å². The van der Waals surface area contributed by atoms with E-state index in [4.69, 9.17) is 4.74 Å². The number of ether oxygens (including phenoxy) is 1. The molecule has 5 rings (SSSR count). The Labute approximate surface area is 212 Å². The summed E-state index contributed by atoms with van der Waals surface area (Å²) in [6, 6.07) is 27.7. The summed E-state index contributed by atoms with van der Waals surface area (Å²) in [7, 11) is 1.86. The third kappa shape index (κ3) is 5.64. The van der Waals surface area contributed by atoms with Gasteiger partial charge in [0.2, 0.25) is 0 Å². The average molecular weight is 468 g/mol. The van der Waals surface area contributed by atoms with E-state index in [9.17, 15) is 0 Å². The van der Waals surface area contributed by atoms with Gasteiger partial charge in [0.25, 0.3) is 0 Å². The van der Waals surface area contributed by atoms with Crippen molar-refractivity contribution in [3.8, 4) is 0 Å². The molecule has 0 radical (unpaired) electrons. The van der Waals surface area contributed by atoms with Crippen LogP contribution in [0.1, 0.15) is 75.0 Å². The van der Waals surface area contributed by atoms with Crippen LogP contribution in [0.4, 0.5) is 17.1 Å². The van der Waals surface area contributed by atoms with Crippen LogP contribution in [0, 0.1) is 11.8 Å². The maximum absolute atomic E-state index is 5.56. The van der Waals surface area contributed by atoms with E-state index >= 15 is 0 Å². The van der Waals surface area contributed by atoms with Crippen LogP contribution in [0.3, 0.4) is 0 Å². The van der Waals surface area contributed by atoms with Crippen molar-refractivity contribution >= 4 is 17.1 Å². The summed E-state index contributed by atoms with van der Waals surface area (Å²) in [5.41, 5.74) is 8.03. The van der Waals surface area contributed by atoms with Gasteiger partial charge in [-0.25, -0.2) is 0 Å². The highest BCUT2D eigenvalue weighted by Crippen LogP contribution is 2.60. The quantitative estimate of drug-likeness (QED) is 0.263. The van der Waals surface area contributed by atoms with Gasteiger partial charge in [0.05, 0.1) is 6.10 Å². The van der Waals surface area contributed by atoms with Crippen molar-refractivity contribution in [2.24, 2.45) is 11.8 Å². The minimum atomic E-state index is 0.514. The number of hydrogen-bond donors (Lipinski definition) is 0. The molecule has 0 amide bonds. The zero-order valence-corrected chi connectivity index (χ0v) is 21.7. The highest BCUT2D eigenvalue weighted by molar-refractivity contribution is 5.76. The summed E-state index contributed by atoms with van der Waals surface area (Å²) in [6.45, 7) is 4.52. The van der Waals surface area contributed by atoms with Gasteiger partial charge in [0.15, 0.2) is 0 Å². The molecule has 0 saturated heterocycles. The Morgan fingerprint density at radius 2 is 1.14 bits per heavy atom. The summed E-state index contributed by atoms with van der Waals surface area (Å²) in [5, 5.41) is 0. The van der Waals surface area contributed by atoms with Crippen LogP contribution in [-0.2, 0) is 17.6 Å². The molecule has 0 aliphatic heterocycles. The van der Waals surface area contributed by atoms with Crippen molar-refractivity contribution in [1.29, 1.82) is 0 Å². The third-order valence-corrected chi connectivity index (χ3v) is 8.08. The Balaban J connectivity index is 1.38. The first-order valence-corrected chi connectivity index (χ1v) is 13.8. The Bertz CT molecular complexity index is 1020. The molecule has 2 nitrogen and oxygen atoms in total. The highest BCUT2D eigenvalue weighted by atomic mass is 16.5. The largest absolute Gasteiger partial charge is 0.381 e. The fraction of sp³-hybridized carbons (Fsp3) is 0.455. The molecule has 2 aliphatic carbocycles. The first-order chi connectivity index (χ1) is 17.2. The molecule has 0 heterocycles. The number of aryl methyl sites for hydroxylation is 2. The number of hydrogen-bond acceptors (Lipinski definition) is 2. The van der Waals surface area contributed by atoms with Gasteiger partial charge in [-0.15, -0.1) is 0 Å². The average Bonchev–Trinajstić information content (AvgIpc) is 3.82. The van der Waals surface area contributed by atoms with Crippen LogP contribution in [-0.4, -0.2) is 13.2 Å². The third-order valence-electron chi connectivity index (χ3n) is 8.08. The number of unbranched alkanes of at least 4 members (excludes halogenated alkanes) is 2. The van der Waals surface area contributed by atoms with Gasteiger partial charge in [-0.1, -0.05) is 63.1 Å². The smallest absolute Gasteiger partial charge is 0.0607 e. The van der Waals surface area contributed by atoms with Gasteiger partial charge >= 0.3 is 0 Å². The predicted octanol–water partition coefficient (Wildman–Crippen LogP) is 8.98. The molecule has 2 heteroatoms. The van der Waals surface area contributed by atoms with E-state index in [1.54, 1.807) is 0 Å². The summed E-state index contributed by atoms with van der Waals surface area (Å²) >= 11 is 0. The van der Waals surface area contributed by atoms with E-state index in [1.807, 2.05) is 7.11 Å². The van der Waals surface area contributed by atoms with Crippen LogP contribution in [0.15, 0.2) is 72.8 Å². The Morgan fingerprint density at radius 1 is 0.657 bits per heavy atom. The lowest BCUT2D eigenvalue weighted by Crippen LogP contribution is -2.10. The minimum Gasteiger partial charge on any atom is -0.381 e. The van der Waals surface area contributed by atoms with E-state index in [-0.39, 0.29) is 0 Å². The van der Waals surface area contributed by atoms with Crippen LogP contribution in [0.25, 0.3) is 0 Å². The van der Waals surface area contributed by atoms with E-state index < -0.39 is 0 Å². The second-order valence-corrected chi connectivity index (χ2v) is 10.6. The maximum Gasteiger partial charge on any atom is 0.0607 e. The lowest BCUT2D eigenvalue weighted by Gasteiger charge is -2.26. The first kappa shape index (κ1) is 24.1. The molecular formula is C33H41NO. The van der Waals surface area contributed by atoms with Gasteiger partial charge in [-0.2, -0.15) is 0 Å². The van der Waals surface area contributed by atoms with Crippen molar-refractivity contribution < 1.29 is 4.74 Å². The molecular weight excluding hydrogens is 426 g/mol. The van der Waals surface area contributed by atoms with Gasteiger partial charge < -0.3 is 9.64 Å². The first-order valence-electron chi connectivity index (χ1n) is 13.8. The van der Waals surface area contributed by atoms with Crippen LogP contribution in [0.2, 0.25) is 0 Å². The molecule has 35 heavy (non-hydrogen) atoms. The summed E-state index contributed by atoms with van der Waals surface area (Å²) in [5.74, 6) is 2.34. The molecule has 2 aliphatic rings. The van der Waals surface area contributed by atoms with Crippen molar-refractivity contribution in [3.05, 3.63) is 89.5 Å². The molecule has 0 aromatic heterocycles. The number of methoxy groups -OCH3 is 1. The van der Waals surface area contributed by atoms with Gasteiger partial charge in [0, 0.05) is 24.2 Å². The highest BCUT2D eigenvalue weighted by Gasteiger charge is 2.54. The fourth-order valence-electron chi connectivity index (χ4n) is 5.69. The van der Waals surface area contributed by atoms with Crippen LogP contribution in [0.5, 0.6) is 0 Å². The van der Waals surface area contributed by atoms with Gasteiger partial charge in [-0.3, -0.25) is 0 Å². The van der Waals surface area contributed by atoms with Crippen LogP contribution < -0.4 is 4.90 Å². The maximum atomic E-state index is 5.56. The summed E-state index contributed by atoms with van der Waals surface area (Å²) in [4.78, 5) is 2.41. The van der Waals surface area contributed by atoms with Gasteiger partial charge in [-0.05, 0) is 109 Å². The van der Waals surface area contributed by atoms with E-state index in [2.05, 4.69) is 91.5 Å². The lowest BCUT2D eigenvalue weighted by molar-refractivity contribution is 0.165. The number of benzene rings is 3. The molecule has 0 spiro atoms. The summed E-state index contributed by atoms with van der Waals surface area (Å²) < 4.78 is 5.56. The predicted molar refractivity (Wildman–Crippen MR) is 148 cm³/mol. The lowest BCUT2D eigenvalue weighted by atomic mass is 10.0. The molecule has 2 fully saturated rings. The van der Waals surface area contributed by atoms with E-state index in [1.165, 1.54) is 72.3 Å². The topological polar surface area (TPSA) is 12.5 Å². The normalized spacial score (nSPS) is 22.7. The second-order valence-electron chi connectivity index (χ2n) is 10.6. The molecule has 3 aromatic rings. The fourth-order valence-corrected chi connectivity index (χ4v) is 5.69.